The van der Waals surface area contributed by atoms with Crippen LogP contribution < -0.4 is 0 Å². The Morgan fingerprint density at radius 2 is 1.96 bits per heavy atom. The van der Waals surface area contributed by atoms with Crippen molar-refractivity contribution in [1.29, 1.82) is 0 Å². The van der Waals surface area contributed by atoms with E-state index in [1.54, 1.807) is 12.1 Å². The molecule has 0 unspecified atom stereocenters. The summed E-state index contributed by atoms with van der Waals surface area (Å²) >= 11 is 1.40. The minimum Gasteiger partial charge on any atom is -0.267 e. The van der Waals surface area contributed by atoms with Gasteiger partial charge in [-0.15, -0.1) is 22.0 Å². The molecule has 8 heteroatoms. The number of halogens is 3. The van der Waals surface area contributed by atoms with Crippen molar-refractivity contribution < 1.29 is 13.2 Å². The van der Waals surface area contributed by atoms with Gasteiger partial charge in [-0.3, -0.25) is 4.40 Å². The molecule has 0 aliphatic carbocycles. The van der Waals surface area contributed by atoms with Crippen molar-refractivity contribution in [1.82, 2.24) is 19.6 Å². The van der Waals surface area contributed by atoms with Crippen molar-refractivity contribution in [3.05, 3.63) is 29.6 Å². The number of aromatic nitrogens is 4. The average Bonchev–Trinajstić information content (AvgIpc) is 2.90. The summed E-state index contributed by atoms with van der Waals surface area (Å²) in [5.74, 6) is 0.117. The Bertz CT molecular complexity index is 870. The standard InChI is InChI=1S/C15H15F3N4S/c1-8(2)7-23-13-12-20-21-14(15(16,17)18)22(12)11-6-9(3)4-5-10(11)19-13/h4-6,8H,7H2,1-3H3. The number of rotatable bonds is 3. The van der Waals surface area contributed by atoms with Gasteiger partial charge in [0.15, 0.2) is 5.65 Å². The maximum Gasteiger partial charge on any atom is 0.452 e. The average molecular weight is 340 g/mol. The second-order valence-electron chi connectivity index (χ2n) is 5.79. The first-order valence-electron chi connectivity index (χ1n) is 7.13. The molecule has 3 rings (SSSR count). The van der Waals surface area contributed by atoms with Crippen LogP contribution in [0.5, 0.6) is 0 Å². The molecular formula is C15H15F3N4S. The first kappa shape index (κ1) is 16.0. The van der Waals surface area contributed by atoms with Gasteiger partial charge in [0.2, 0.25) is 5.82 Å². The molecule has 0 fully saturated rings. The topological polar surface area (TPSA) is 43.1 Å². The van der Waals surface area contributed by atoms with Crippen LogP contribution in [0.15, 0.2) is 23.2 Å². The maximum atomic E-state index is 13.3. The highest BCUT2D eigenvalue weighted by atomic mass is 32.2. The second kappa shape index (κ2) is 5.67. The van der Waals surface area contributed by atoms with E-state index in [1.807, 2.05) is 26.8 Å². The molecule has 3 aromatic rings. The lowest BCUT2D eigenvalue weighted by Crippen LogP contribution is -2.12. The van der Waals surface area contributed by atoms with Crippen LogP contribution in [0, 0.1) is 12.8 Å². The summed E-state index contributed by atoms with van der Waals surface area (Å²) in [4.78, 5) is 4.48. The molecule has 0 saturated carbocycles. The summed E-state index contributed by atoms with van der Waals surface area (Å²) in [7, 11) is 0. The highest BCUT2D eigenvalue weighted by Crippen LogP contribution is 2.33. The first-order chi connectivity index (χ1) is 10.8. The van der Waals surface area contributed by atoms with Gasteiger partial charge in [-0.2, -0.15) is 13.2 Å². The SMILES string of the molecule is Cc1ccc2nc(SCC(C)C)c3nnc(C(F)(F)F)n3c2c1. The van der Waals surface area contributed by atoms with Gasteiger partial charge in [0, 0.05) is 5.75 Å². The van der Waals surface area contributed by atoms with Crippen LogP contribution in [0.25, 0.3) is 16.7 Å². The highest BCUT2D eigenvalue weighted by Gasteiger charge is 2.38. The van der Waals surface area contributed by atoms with Gasteiger partial charge < -0.3 is 0 Å². The molecule has 0 amide bonds. The molecule has 4 nitrogen and oxygen atoms in total. The summed E-state index contributed by atoms with van der Waals surface area (Å²) in [6.45, 7) is 5.91. The van der Waals surface area contributed by atoms with E-state index in [1.165, 1.54) is 11.8 Å². The predicted octanol–water partition coefficient (Wildman–Crippen LogP) is 4.35. The minimum atomic E-state index is -4.57. The highest BCUT2D eigenvalue weighted by molar-refractivity contribution is 7.99. The van der Waals surface area contributed by atoms with Crippen molar-refractivity contribution >= 4 is 28.4 Å². The fourth-order valence-electron chi connectivity index (χ4n) is 2.24. The second-order valence-corrected chi connectivity index (χ2v) is 6.80. The number of hydrogen-bond acceptors (Lipinski definition) is 4. The van der Waals surface area contributed by atoms with Gasteiger partial charge in [-0.05, 0) is 30.5 Å². The molecule has 0 N–H and O–H groups in total. The summed E-state index contributed by atoms with van der Waals surface area (Å²) in [6, 6.07) is 5.23. The Hall–Kier alpha value is -1.83. The Balaban J connectivity index is 2.33. The van der Waals surface area contributed by atoms with Gasteiger partial charge in [0.05, 0.1) is 11.0 Å². The summed E-state index contributed by atoms with van der Waals surface area (Å²) in [6.07, 6.45) is -4.57. The summed E-state index contributed by atoms with van der Waals surface area (Å²) in [5.41, 5.74) is 1.87. The van der Waals surface area contributed by atoms with E-state index in [2.05, 4.69) is 15.2 Å². The number of nitrogens with zero attached hydrogens (tertiary/aromatic N) is 4. The van der Waals surface area contributed by atoms with Crippen LogP contribution >= 0.6 is 11.8 Å². The minimum absolute atomic E-state index is 0.154. The number of benzene rings is 1. The fraction of sp³-hybridized carbons (Fsp3) is 0.400. The number of thioether (sulfide) groups is 1. The molecule has 2 aromatic heterocycles. The van der Waals surface area contributed by atoms with Crippen molar-refractivity contribution in [2.75, 3.05) is 5.75 Å². The number of alkyl halides is 3. The number of aryl methyl sites for hydroxylation is 1. The maximum absolute atomic E-state index is 13.3. The first-order valence-corrected chi connectivity index (χ1v) is 8.11. The Kier molecular flexibility index (Phi) is 3.95. The quantitative estimate of drug-likeness (QED) is 0.665. The predicted molar refractivity (Wildman–Crippen MR) is 83.6 cm³/mol. The number of fused-ring (bicyclic) bond motifs is 3. The van der Waals surface area contributed by atoms with E-state index >= 15 is 0 Å². The van der Waals surface area contributed by atoms with Crippen LogP contribution in [-0.4, -0.2) is 25.3 Å². The van der Waals surface area contributed by atoms with E-state index in [0.717, 1.165) is 15.7 Å². The number of hydrogen-bond donors (Lipinski definition) is 0. The van der Waals surface area contributed by atoms with Gasteiger partial charge in [-0.1, -0.05) is 19.9 Å². The zero-order valence-electron chi connectivity index (χ0n) is 12.8. The van der Waals surface area contributed by atoms with Crippen LogP contribution in [0.2, 0.25) is 0 Å². The molecule has 0 saturated heterocycles. The molecule has 0 aliphatic heterocycles. The van der Waals surface area contributed by atoms with Crippen molar-refractivity contribution in [3.63, 3.8) is 0 Å². The van der Waals surface area contributed by atoms with Crippen LogP contribution in [-0.2, 0) is 6.18 Å². The monoisotopic (exact) mass is 340 g/mol. The van der Waals surface area contributed by atoms with E-state index in [-0.39, 0.29) is 5.65 Å². The molecule has 0 bridgehead atoms. The zero-order chi connectivity index (χ0) is 16.8. The van der Waals surface area contributed by atoms with E-state index in [4.69, 9.17) is 0 Å². The van der Waals surface area contributed by atoms with Gasteiger partial charge in [0.1, 0.15) is 5.03 Å². The lowest BCUT2D eigenvalue weighted by molar-refractivity contribution is -0.145. The normalized spacial score (nSPS) is 12.7. The third kappa shape index (κ3) is 2.99. The molecule has 0 atom stereocenters. The van der Waals surface area contributed by atoms with Crippen LogP contribution in [0.1, 0.15) is 25.2 Å². The lowest BCUT2D eigenvalue weighted by atomic mass is 10.2. The van der Waals surface area contributed by atoms with Crippen LogP contribution in [0.3, 0.4) is 0 Å². The molecule has 0 radical (unpaired) electrons. The molecule has 0 spiro atoms. The third-order valence-corrected chi connectivity index (χ3v) is 4.64. The molecule has 23 heavy (non-hydrogen) atoms. The van der Waals surface area contributed by atoms with Gasteiger partial charge >= 0.3 is 6.18 Å². The van der Waals surface area contributed by atoms with E-state index in [0.29, 0.717) is 22.0 Å². The van der Waals surface area contributed by atoms with Crippen molar-refractivity contribution in [3.8, 4) is 0 Å². The van der Waals surface area contributed by atoms with E-state index in [9.17, 15) is 13.2 Å². The van der Waals surface area contributed by atoms with Gasteiger partial charge in [0.25, 0.3) is 0 Å². The van der Waals surface area contributed by atoms with Crippen molar-refractivity contribution in [2.24, 2.45) is 5.92 Å². The fourth-order valence-corrected chi connectivity index (χ4v) is 3.16. The summed E-state index contributed by atoms with van der Waals surface area (Å²) < 4.78 is 40.9. The zero-order valence-corrected chi connectivity index (χ0v) is 13.7. The summed E-state index contributed by atoms with van der Waals surface area (Å²) in [5, 5.41) is 7.59. The van der Waals surface area contributed by atoms with Crippen molar-refractivity contribution in [2.45, 2.75) is 32.0 Å². The Labute approximate surface area is 135 Å². The molecular weight excluding hydrogens is 325 g/mol. The molecule has 1 aromatic carbocycles. The lowest BCUT2D eigenvalue weighted by Gasteiger charge is -2.11. The molecule has 0 aliphatic rings. The Morgan fingerprint density at radius 3 is 2.61 bits per heavy atom. The third-order valence-electron chi connectivity index (χ3n) is 3.26. The smallest absolute Gasteiger partial charge is 0.267 e. The van der Waals surface area contributed by atoms with E-state index < -0.39 is 12.0 Å². The molecule has 2 heterocycles. The molecule has 122 valence electrons. The Morgan fingerprint density at radius 1 is 1.22 bits per heavy atom. The van der Waals surface area contributed by atoms with Crippen LogP contribution in [0.4, 0.5) is 13.2 Å². The van der Waals surface area contributed by atoms with Gasteiger partial charge in [-0.25, -0.2) is 4.98 Å². The largest absolute Gasteiger partial charge is 0.452 e.